The Labute approximate surface area is 121 Å². The number of aliphatic hydroxyl groups is 1. The van der Waals surface area contributed by atoms with Crippen LogP contribution in [0, 0.1) is 10.1 Å². The van der Waals surface area contributed by atoms with E-state index in [1.807, 2.05) is 0 Å². The minimum atomic E-state index is -2.33. The van der Waals surface area contributed by atoms with Gasteiger partial charge in [0, 0.05) is 6.08 Å². The van der Waals surface area contributed by atoms with Crippen molar-refractivity contribution in [2.75, 3.05) is 13.7 Å². The van der Waals surface area contributed by atoms with Crippen molar-refractivity contribution in [2.45, 2.75) is 19.4 Å². The summed E-state index contributed by atoms with van der Waals surface area (Å²) in [5, 5.41) is 21.2. The molecule has 1 aromatic carbocycles. The van der Waals surface area contributed by atoms with Crippen LogP contribution >= 0.6 is 0 Å². The third-order valence-corrected chi connectivity index (χ3v) is 2.79. The monoisotopic (exact) mass is 295 g/mol. The second-order valence-electron chi connectivity index (χ2n) is 4.35. The lowest BCUT2D eigenvalue weighted by molar-refractivity contribution is -0.439. The maximum Gasteiger partial charge on any atom is 0.349 e. The highest BCUT2D eigenvalue weighted by Gasteiger charge is 2.44. The highest BCUT2D eigenvalue weighted by Crippen LogP contribution is 2.23. The molecule has 0 aliphatic rings. The molecule has 0 aliphatic heterocycles. The Balaban J connectivity index is 3.18. The van der Waals surface area contributed by atoms with Gasteiger partial charge in [-0.3, -0.25) is 10.1 Å². The molecule has 0 aliphatic carbocycles. The van der Waals surface area contributed by atoms with Gasteiger partial charge in [0.15, 0.2) is 0 Å². The Morgan fingerprint density at radius 2 is 2.00 bits per heavy atom. The summed E-state index contributed by atoms with van der Waals surface area (Å²) in [4.78, 5) is 22.0. The minimum Gasteiger partial charge on any atom is -0.497 e. The smallest absolute Gasteiger partial charge is 0.349 e. The third-order valence-electron chi connectivity index (χ3n) is 2.79. The van der Waals surface area contributed by atoms with Crippen LogP contribution in [0.3, 0.4) is 0 Å². The van der Waals surface area contributed by atoms with Gasteiger partial charge < -0.3 is 14.6 Å². The number of rotatable bonds is 6. The van der Waals surface area contributed by atoms with E-state index >= 15 is 0 Å². The topological polar surface area (TPSA) is 98.9 Å². The molecule has 7 heteroatoms. The Kier molecular flexibility index (Phi) is 5.43. The zero-order chi connectivity index (χ0) is 16.0. The third kappa shape index (κ3) is 4.03. The highest BCUT2D eigenvalue weighted by molar-refractivity contribution is 5.83. The van der Waals surface area contributed by atoms with E-state index < -0.39 is 22.2 Å². The SMILES string of the molecule is CCOC(=O)C(C)(O)/C(=C\c1ccc(OC)cc1)[N+](=O)[O-]. The molecule has 114 valence electrons. The van der Waals surface area contributed by atoms with Gasteiger partial charge in [-0.2, -0.15) is 0 Å². The lowest BCUT2D eigenvalue weighted by atomic mass is 10.0. The second-order valence-corrected chi connectivity index (χ2v) is 4.35. The predicted molar refractivity (Wildman–Crippen MR) is 75.2 cm³/mol. The van der Waals surface area contributed by atoms with Gasteiger partial charge >= 0.3 is 5.97 Å². The van der Waals surface area contributed by atoms with Crippen molar-refractivity contribution >= 4 is 12.0 Å². The number of benzene rings is 1. The molecule has 7 nitrogen and oxygen atoms in total. The van der Waals surface area contributed by atoms with Crippen molar-refractivity contribution in [1.82, 2.24) is 0 Å². The molecule has 0 heterocycles. The molecule has 1 unspecified atom stereocenters. The fraction of sp³-hybridized carbons (Fsp3) is 0.357. The Bertz CT molecular complexity index is 547. The summed E-state index contributed by atoms with van der Waals surface area (Å²) in [6.45, 7) is 2.60. The Morgan fingerprint density at radius 3 is 2.43 bits per heavy atom. The average Bonchev–Trinajstić information content (AvgIpc) is 2.45. The normalized spacial score (nSPS) is 14.2. The largest absolute Gasteiger partial charge is 0.497 e. The van der Waals surface area contributed by atoms with Gasteiger partial charge in [-0.15, -0.1) is 0 Å². The molecular formula is C14H17NO6. The van der Waals surface area contributed by atoms with Gasteiger partial charge in [-0.05, 0) is 31.5 Å². The van der Waals surface area contributed by atoms with E-state index in [-0.39, 0.29) is 6.61 Å². The van der Waals surface area contributed by atoms with E-state index in [0.717, 1.165) is 13.0 Å². The molecule has 21 heavy (non-hydrogen) atoms. The number of methoxy groups -OCH3 is 1. The first-order chi connectivity index (χ1) is 9.82. The molecule has 0 radical (unpaired) electrons. The fourth-order valence-electron chi connectivity index (χ4n) is 1.61. The van der Waals surface area contributed by atoms with Gasteiger partial charge in [-0.1, -0.05) is 12.1 Å². The van der Waals surface area contributed by atoms with Crippen LogP contribution in [0.15, 0.2) is 30.0 Å². The summed E-state index contributed by atoms with van der Waals surface area (Å²) in [6, 6.07) is 6.37. The maximum atomic E-state index is 11.7. The van der Waals surface area contributed by atoms with Crippen LogP contribution in [0.1, 0.15) is 19.4 Å². The van der Waals surface area contributed by atoms with Crippen LogP contribution in [-0.2, 0) is 9.53 Å². The van der Waals surface area contributed by atoms with Crippen LogP contribution in [-0.4, -0.2) is 35.3 Å². The van der Waals surface area contributed by atoms with Gasteiger partial charge in [-0.25, -0.2) is 4.79 Å². The quantitative estimate of drug-likeness (QED) is 0.486. The number of nitro groups is 1. The van der Waals surface area contributed by atoms with Crippen LogP contribution in [0.25, 0.3) is 6.08 Å². The van der Waals surface area contributed by atoms with Gasteiger partial charge in [0.2, 0.25) is 5.60 Å². The van der Waals surface area contributed by atoms with Crippen LogP contribution in [0.5, 0.6) is 5.75 Å². The first kappa shape index (κ1) is 16.6. The molecule has 1 rings (SSSR count). The number of carbonyl (C=O) groups is 1. The summed E-state index contributed by atoms with van der Waals surface area (Å²) >= 11 is 0. The Morgan fingerprint density at radius 1 is 1.43 bits per heavy atom. The summed E-state index contributed by atoms with van der Waals surface area (Å²) in [7, 11) is 1.50. The molecular weight excluding hydrogens is 278 g/mol. The molecule has 0 saturated heterocycles. The van der Waals surface area contributed by atoms with Crippen LogP contribution in [0.4, 0.5) is 0 Å². The zero-order valence-electron chi connectivity index (χ0n) is 12.0. The van der Waals surface area contributed by atoms with Crippen molar-refractivity contribution in [3.8, 4) is 5.75 Å². The number of hydrogen-bond donors (Lipinski definition) is 1. The van der Waals surface area contributed by atoms with Crippen LogP contribution < -0.4 is 4.74 Å². The van der Waals surface area contributed by atoms with Gasteiger partial charge in [0.1, 0.15) is 5.75 Å². The second kappa shape index (κ2) is 6.85. The molecule has 0 aromatic heterocycles. The van der Waals surface area contributed by atoms with Crippen molar-refractivity contribution < 1.29 is 24.3 Å². The van der Waals surface area contributed by atoms with E-state index in [0.29, 0.717) is 11.3 Å². The molecule has 0 amide bonds. The van der Waals surface area contributed by atoms with Crippen LogP contribution in [0.2, 0.25) is 0 Å². The Hall–Kier alpha value is -2.41. The fourth-order valence-corrected chi connectivity index (χ4v) is 1.61. The highest BCUT2D eigenvalue weighted by atomic mass is 16.6. The number of ether oxygens (including phenoxy) is 2. The van der Waals surface area contributed by atoms with Crippen molar-refractivity contribution in [2.24, 2.45) is 0 Å². The molecule has 1 atom stereocenters. The van der Waals surface area contributed by atoms with E-state index in [2.05, 4.69) is 4.74 Å². The van der Waals surface area contributed by atoms with E-state index in [4.69, 9.17) is 4.74 Å². The number of carbonyl (C=O) groups excluding carboxylic acids is 1. The predicted octanol–water partition coefficient (Wildman–Crippen LogP) is 1.63. The average molecular weight is 295 g/mol. The standard InChI is InChI=1S/C14H17NO6/c1-4-21-13(16)14(2,17)12(15(18)19)9-10-5-7-11(20-3)8-6-10/h5-9,17H,4H2,1-3H3/b12-9+. The van der Waals surface area contributed by atoms with Gasteiger partial charge in [0.05, 0.1) is 18.6 Å². The molecule has 0 spiro atoms. The van der Waals surface area contributed by atoms with Crippen molar-refractivity contribution in [3.63, 3.8) is 0 Å². The molecule has 1 N–H and O–H groups in total. The van der Waals surface area contributed by atoms with E-state index in [9.17, 15) is 20.0 Å². The molecule has 0 saturated carbocycles. The first-order valence-corrected chi connectivity index (χ1v) is 6.23. The van der Waals surface area contributed by atoms with E-state index in [1.165, 1.54) is 7.11 Å². The van der Waals surface area contributed by atoms with Crippen molar-refractivity contribution in [1.29, 1.82) is 0 Å². The summed E-state index contributed by atoms with van der Waals surface area (Å²) in [6.07, 6.45) is 1.12. The summed E-state index contributed by atoms with van der Waals surface area (Å²) in [5.41, 5.74) is -2.54. The molecule has 0 fully saturated rings. The van der Waals surface area contributed by atoms with E-state index in [1.54, 1.807) is 31.2 Å². The van der Waals surface area contributed by atoms with Gasteiger partial charge in [0.25, 0.3) is 5.70 Å². The zero-order valence-corrected chi connectivity index (χ0v) is 12.0. The lowest BCUT2D eigenvalue weighted by Crippen LogP contribution is -2.41. The summed E-state index contributed by atoms with van der Waals surface area (Å²) in [5.74, 6) is -0.478. The number of hydrogen-bond acceptors (Lipinski definition) is 6. The molecule has 0 bridgehead atoms. The minimum absolute atomic E-state index is 0.0164. The maximum absolute atomic E-state index is 11.7. The number of esters is 1. The summed E-state index contributed by atoms with van der Waals surface area (Å²) < 4.78 is 9.64. The van der Waals surface area contributed by atoms with Crippen molar-refractivity contribution in [3.05, 3.63) is 45.6 Å². The molecule has 1 aromatic rings. The lowest BCUT2D eigenvalue weighted by Gasteiger charge is -2.18. The first-order valence-electron chi connectivity index (χ1n) is 6.23. The number of nitrogens with zero attached hydrogens (tertiary/aromatic N) is 1.